The van der Waals surface area contributed by atoms with E-state index in [0.29, 0.717) is 17.8 Å². The normalized spacial score (nSPS) is 12.0. The molecule has 8 nitrogen and oxygen atoms in total. The van der Waals surface area contributed by atoms with E-state index in [0.717, 1.165) is 11.1 Å². The van der Waals surface area contributed by atoms with Crippen LogP contribution < -0.4 is 9.84 Å². The number of hydrogen-bond donors (Lipinski definition) is 1. The van der Waals surface area contributed by atoms with E-state index < -0.39 is 5.90 Å². The van der Waals surface area contributed by atoms with Crippen molar-refractivity contribution >= 4 is 22.8 Å². The molecular formula is C13H12N5O3-. The molecule has 2 aromatic heterocycles. The predicted molar refractivity (Wildman–Crippen MR) is 72.5 cm³/mol. The molecule has 0 aliphatic rings. The lowest BCUT2D eigenvalue weighted by Gasteiger charge is -2.06. The largest absolute Gasteiger partial charge is 0.856 e. The van der Waals surface area contributed by atoms with Crippen LogP contribution in [-0.4, -0.2) is 33.1 Å². The maximum atomic E-state index is 12.1. The molecule has 0 unspecified atom stereocenters. The van der Waals surface area contributed by atoms with Crippen LogP contribution in [0, 0.1) is 6.92 Å². The number of H-pyrrole nitrogens is 1. The number of nitrogens with zero attached hydrogens (tertiary/aromatic N) is 4. The van der Waals surface area contributed by atoms with Crippen molar-refractivity contribution in [2.24, 2.45) is 4.99 Å². The molecule has 0 saturated carbocycles. The third-order valence-corrected chi connectivity index (χ3v) is 2.95. The Bertz CT molecular complexity index is 792. The van der Waals surface area contributed by atoms with Crippen LogP contribution in [0.2, 0.25) is 0 Å². The number of furan rings is 1. The van der Waals surface area contributed by atoms with Gasteiger partial charge in [0.25, 0.3) is 5.95 Å². The lowest BCUT2D eigenvalue weighted by molar-refractivity contribution is -0.214. The minimum atomic E-state index is -0.553. The highest BCUT2D eigenvalue weighted by Crippen LogP contribution is 2.29. The highest BCUT2D eigenvalue weighted by Gasteiger charge is 2.12. The summed E-state index contributed by atoms with van der Waals surface area (Å²) in [5.41, 5.74) is 1.30. The Hall–Kier alpha value is -2.90. The summed E-state index contributed by atoms with van der Waals surface area (Å²) in [5, 5.41) is 25.7. The number of benzene rings is 1. The Kier molecular flexibility index (Phi) is 3.27. The Morgan fingerprint density at radius 2 is 2.33 bits per heavy atom. The van der Waals surface area contributed by atoms with Gasteiger partial charge in [0.2, 0.25) is 0 Å². The van der Waals surface area contributed by atoms with E-state index in [2.05, 4.69) is 25.6 Å². The Balaban J connectivity index is 2.05. The summed E-state index contributed by atoms with van der Waals surface area (Å²) in [6.07, 6.45) is 0. The SMILES string of the molecule is CCOc1ccc2oc(C([O-])=Nc3nn[nH]n3)c(C)c2c1. The van der Waals surface area contributed by atoms with E-state index in [1.807, 2.05) is 13.0 Å². The molecule has 108 valence electrons. The molecule has 3 aromatic rings. The first-order valence-corrected chi connectivity index (χ1v) is 6.34. The fourth-order valence-electron chi connectivity index (χ4n) is 2.01. The van der Waals surface area contributed by atoms with E-state index in [1.165, 1.54) is 0 Å². The van der Waals surface area contributed by atoms with Gasteiger partial charge in [-0.25, -0.2) is 4.99 Å². The third kappa shape index (κ3) is 2.42. The van der Waals surface area contributed by atoms with Crippen LogP contribution in [0.1, 0.15) is 18.2 Å². The van der Waals surface area contributed by atoms with Crippen LogP contribution in [0.3, 0.4) is 0 Å². The zero-order valence-electron chi connectivity index (χ0n) is 11.5. The van der Waals surface area contributed by atoms with Gasteiger partial charge in [0.1, 0.15) is 17.1 Å². The summed E-state index contributed by atoms with van der Waals surface area (Å²) in [5.74, 6) is 0.296. The van der Waals surface area contributed by atoms with Crippen molar-refractivity contribution in [2.75, 3.05) is 6.61 Å². The van der Waals surface area contributed by atoms with Crippen molar-refractivity contribution in [3.05, 3.63) is 29.5 Å². The molecule has 0 aliphatic heterocycles. The Morgan fingerprint density at radius 3 is 3.05 bits per heavy atom. The standard InChI is InChI=1S/C13H13N5O3/c1-3-20-8-4-5-10-9(6-8)7(2)11(21-10)12(19)14-13-15-17-18-16-13/h4-6H,3H2,1-2H3,(H2,14,15,16,17,18,19)/p-1. The number of aryl methyl sites for hydroxylation is 1. The number of rotatable bonds is 4. The van der Waals surface area contributed by atoms with Gasteiger partial charge in [0.15, 0.2) is 0 Å². The van der Waals surface area contributed by atoms with Crippen molar-refractivity contribution in [1.82, 2.24) is 20.6 Å². The first-order valence-electron chi connectivity index (χ1n) is 6.34. The van der Waals surface area contributed by atoms with Gasteiger partial charge in [-0.3, -0.25) is 0 Å². The number of fused-ring (bicyclic) bond motifs is 1. The number of ether oxygens (including phenoxy) is 1. The highest BCUT2D eigenvalue weighted by molar-refractivity contribution is 5.97. The summed E-state index contributed by atoms with van der Waals surface area (Å²) >= 11 is 0. The van der Waals surface area contributed by atoms with Crippen LogP contribution >= 0.6 is 0 Å². The summed E-state index contributed by atoms with van der Waals surface area (Å²) in [4.78, 5) is 3.72. The van der Waals surface area contributed by atoms with Gasteiger partial charge >= 0.3 is 0 Å². The highest BCUT2D eigenvalue weighted by atomic mass is 16.5. The topological polar surface area (TPSA) is 112 Å². The summed E-state index contributed by atoms with van der Waals surface area (Å²) in [6.45, 7) is 4.27. The van der Waals surface area contributed by atoms with Crippen LogP contribution in [-0.2, 0) is 0 Å². The van der Waals surface area contributed by atoms with Crippen molar-refractivity contribution in [1.29, 1.82) is 0 Å². The lowest BCUT2D eigenvalue weighted by atomic mass is 10.1. The van der Waals surface area contributed by atoms with Gasteiger partial charge in [-0.1, -0.05) is 5.10 Å². The van der Waals surface area contributed by atoms with E-state index >= 15 is 0 Å². The number of nitrogens with one attached hydrogen (secondary N) is 1. The van der Waals surface area contributed by atoms with E-state index in [9.17, 15) is 5.11 Å². The molecule has 0 fully saturated rings. The van der Waals surface area contributed by atoms with E-state index in [4.69, 9.17) is 9.15 Å². The number of aliphatic imine (C=N–C) groups is 1. The van der Waals surface area contributed by atoms with Gasteiger partial charge in [-0.05, 0) is 37.3 Å². The fraction of sp³-hybridized carbons (Fsp3) is 0.231. The molecule has 1 N–H and O–H groups in total. The van der Waals surface area contributed by atoms with Crippen LogP contribution in [0.15, 0.2) is 27.6 Å². The average Bonchev–Trinajstić information content (AvgIpc) is 3.08. The zero-order chi connectivity index (χ0) is 14.8. The lowest BCUT2D eigenvalue weighted by Crippen LogP contribution is -2.18. The smallest absolute Gasteiger partial charge is 0.288 e. The maximum absolute atomic E-state index is 12.1. The molecule has 8 heteroatoms. The fourth-order valence-corrected chi connectivity index (χ4v) is 2.01. The van der Waals surface area contributed by atoms with Gasteiger partial charge < -0.3 is 14.3 Å². The second-order valence-electron chi connectivity index (χ2n) is 4.28. The number of aromatic amines is 1. The molecule has 21 heavy (non-hydrogen) atoms. The number of tetrazole rings is 1. The predicted octanol–water partition coefficient (Wildman–Crippen LogP) is 1.09. The van der Waals surface area contributed by atoms with Crippen molar-refractivity contribution in [3.63, 3.8) is 0 Å². The van der Waals surface area contributed by atoms with Crippen molar-refractivity contribution in [2.45, 2.75) is 13.8 Å². The van der Waals surface area contributed by atoms with Gasteiger partial charge in [0, 0.05) is 16.8 Å². The molecule has 1 aromatic carbocycles. The molecular weight excluding hydrogens is 274 g/mol. The second-order valence-corrected chi connectivity index (χ2v) is 4.28. The molecule has 0 atom stereocenters. The summed E-state index contributed by atoms with van der Waals surface area (Å²) < 4.78 is 11.0. The Labute approximate surface area is 119 Å². The first kappa shape index (κ1) is 13.1. The molecule has 0 spiro atoms. The number of aromatic nitrogens is 4. The summed E-state index contributed by atoms with van der Waals surface area (Å²) in [6, 6.07) is 5.39. The zero-order valence-corrected chi connectivity index (χ0v) is 11.5. The van der Waals surface area contributed by atoms with E-state index in [-0.39, 0.29) is 11.7 Å². The van der Waals surface area contributed by atoms with Gasteiger partial charge in [0.05, 0.1) is 6.61 Å². The minimum absolute atomic E-state index is 0.0325. The molecule has 3 rings (SSSR count). The van der Waals surface area contributed by atoms with Crippen molar-refractivity contribution in [3.8, 4) is 5.75 Å². The van der Waals surface area contributed by atoms with Crippen LogP contribution in [0.4, 0.5) is 5.95 Å². The molecule has 0 saturated heterocycles. The summed E-state index contributed by atoms with van der Waals surface area (Å²) in [7, 11) is 0. The minimum Gasteiger partial charge on any atom is -0.856 e. The average molecular weight is 286 g/mol. The van der Waals surface area contributed by atoms with E-state index in [1.54, 1.807) is 19.1 Å². The van der Waals surface area contributed by atoms with Gasteiger partial charge in [-0.15, -0.1) is 5.10 Å². The second kappa shape index (κ2) is 5.23. The monoisotopic (exact) mass is 286 g/mol. The molecule has 2 heterocycles. The molecule has 0 bridgehead atoms. The first-order chi connectivity index (χ1) is 10.2. The molecule has 0 aliphatic carbocycles. The number of hydrogen-bond acceptors (Lipinski definition) is 7. The molecule has 0 amide bonds. The van der Waals surface area contributed by atoms with Crippen LogP contribution in [0.5, 0.6) is 5.75 Å². The third-order valence-electron chi connectivity index (χ3n) is 2.95. The van der Waals surface area contributed by atoms with Crippen LogP contribution in [0.25, 0.3) is 11.0 Å². The maximum Gasteiger partial charge on any atom is 0.288 e. The quantitative estimate of drug-likeness (QED) is 0.567. The van der Waals surface area contributed by atoms with Crippen molar-refractivity contribution < 1.29 is 14.3 Å². The Morgan fingerprint density at radius 1 is 1.48 bits per heavy atom. The van der Waals surface area contributed by atoms with Gasteiger partial charge in [-0.2, -0.15) is 5.21 Å². The molecule has 0 radical (unpaired) electrons.